The van der Waals surface area contributed by atoms with E-state index in [0.717, 1.165) is 16.7 Å². The van der Waals surface area contributed by atoms with Crippen molar-refractivity contribution in [1.29, 1.82) is 0 Å². The van der Waals surface area contributed by atoms with E-state index in [1.165, 1.54) is 6.66 Å². The van der Waals surface area contributed by atoms with Gasteiger partial charge >= 0.3 is 5.97 Å². The van der Waals surface area contributed by atoms with Gasteiger partial charge in [-0.15, -0.1) is 0 Å². The van der Waals surface area contributed by atoms with Crippen molar-refractivity contribution in [1.82, 2.24) is 10.1 Å². The zero-order valence-corrected chi connectivity index (χ0v) is 21.7. The summed E-state index contributed by atoms with van der Waals surface area (Å²) < 4.78 is 29.3. The van der Waals surface area contributed by atoms with Crippen molar-refractivity contribution in [2.75, 3.05) is 13.3 Å². The standard InChI is InChI=1S/C25H30ClN2O5P/c1-6-31-34(5,30)21(24(29)32-25(2,3)4)16-23-27-22(28-33-23)15-17-7-9-18(10-8-17)19-11-13-20(26)14-12-19/h7-14,21H,6,15-16H2,1-5H3. The minimum absolute atomic E-state index is 0.0226. The number of carbonyl (C=O) groups excluding carboxylic acids is 1. The normalized spacial score (nSPS) is 14.4. The summed E-state index contributed by atoms with van der Waals surface area (Å²) >= 11 is 5.96. The van der Waals surface area contributed by atoms with Crippen LogP contribution in [0.3, 0.4) is 0 Å². The summed E-state index contributed by atoms with van der Waals surface area (Å²) in [5.74, 6) is 0.0780. The molecular weight excluding hydrogens is 475 g/mol. The van der Waals surface area contributed by atoms with Crippen LogP contribution < -0.4 is 0 Å². The fourth-order valence-corrected chi connectivity index (χ4v) is 5.15. The molecule has 0 N–H and O–H groups in total. The average molecular weight is 505 g/mol. The van der Waals surface area contributed by atoms with Gasteiger partial charge in [0.25, 0.3) is 0 Å². The van der Waals surface area contributed by atoms with Crippen LogP contribution in [0.25, 0.3) is 11.1 Å². The molecule has 0 spiro atoms. The highest BCUT2D eigenvalue weighted by Gasteiger charge is 2.40. The van der Waals surface area contributed by atoms with Crippen LogP contribution in [-0.2, 0) is 31.5 Å². The topological polar surface area (TPSA) is 91.5 Å². The van der Waals surface area contributed by atoms with Crippen LogP contribution in [0.15, 0.2) is 53.1 Å². The molecule has 3 aromatic rings. The van der Waals surface area contributed by atoms with Gasteiger partial charge in [-0.3, -0.25) is 9.36 Å². The molecule has 1 aromatic heterocycles. The number of rotatable bonds is 9. The third kappa shape index (κ3) is 7.26. The second-order valence-corrected chi connectivity index (χ2v) is 12.2. The number of esters is 1. The van der Waals surface area contributed by atoms with E-state index in [1.54, 1.807) is 27.7 Å². The Bertz CT molecular complexity index is 1150. The fourth-order valence-electron chi connectivity index (χ4n) is 3.41. The van der Waals surface area contributed by atoms with Crippen LogP contribution in [0.4, 0.5) is 0 Å². The number of ether oxygens (including phenoxy) is 1. The second-order valence-electron chi connectivity index (χ2n) is 9.06. The lowest BCUT2D eigenvalue weighted by Gasteiger charge is -2.26. The molecule has 34 heavy (non-hydrogen) atoms. The Kier molecular flexibility index (Phi) is 8.34. The molecule has 0 bridgehead atoms. The third-order valence-electron chi connectivity index (χ3n) is 5.00. The molecule has 9 heteroatoms. The van der Waals surface area contributed by atoms with Crippen molar-refractivity contribution in [3.05, 3.63) is 70.8 Å². The Labute approximate surface area is 205 Å². The van der Waals surface area contributed by atoms with Gasteiger partial charge in [-0.25, -0.2) is 0 Å². The first-order valence-electron chi connectivity index (χ1n) is 11.1. The van der Waals surface area contributed by atoms with Gasteiger partial charge in [-0.05, 0) is 56.5 Å². The van der Waals surface area contributed by atoms with Crippen molar-refractivity contribution >= 4 is 24.9 Å². The molecule has 0 aliphatic carbocycles. The monoisotopic (exact) mass is 504 g/mol. The first-order chi connectivity index (χ1) is 16.0. The lowest BCUT2D eigenvalue weighted by molar-refractivity contribution is -0.154. The van der Waals surface area contributed by atoms with Crippen molar-refractivity contribution in [3.63, 3.8) is 0 Å². The summed E-state index contributed by atoms with van der Waals surface area (Å²) in [5, 5.41) is 4.73. The van der Waals surface area contributed by atoms with E-state index >= 15 is 0 Å². The fraction of sp³-hybridized carbons (Fsp3) is 0.400. The van der Waals surface area contributed by atoms with Crippen LogP contribution >= 0.6 is 19.0 Å². The number of hydrogen-bond acceptors (Lipinski definition) is 7. The van der Waals surface area contributed by atoms with E-state index in [2.05, 4.69) is 10.1 Å². The van der Waals surface area contributed by atoms with Crippen molar-refractivity contribution in [2.24, 2.45) is 0 Å². The number of hydrogen-bond donors (Lipinski definition) is 0. The third-order valence-corrected chi connectivity index (χ3v) is 7.55. The van der Waals surface area contributed by atoms with E-state index in [-0.39, 0.29) is 18.9 Å². The highest BCUT2D eigenvalue weighted by Crippen LogP contribution is 2.50. The highest BCUT2D eigenvalue weighted by atomic mass is 35.5. The SMILES string of the molecule is CCOP(C)(=O)C(Cc1nc(Cc2ccc(-c3ccc(Cl)cc3)cc2)no1)C(=O)OC(C)(C)C. The average Bonchev–Trinajstić information content (AvgIpc) is 3.19. The van der Waals surface area contributed by atoms with Crippen LogP contribution in [0.5, 0.6) is 0 Å². The Morgan fingerprint density at radius 1 is 1.09 bits per heavy atom. The van der Waals surface area contributed by atoms with Gasteiger partial charge in [-0.2, -0.15) is 4.98 Å². The number of carbonyl (C=O) groups is 1. The Morgan fingerprint density at radius 2 is 1.68 bits per heavy atom. The van der Waals surface area contributed by atoms with Crippen LogP contribution in [0.2, 0.25) is 5.02 Å². The van der Waals surface area contributed by atoms with Gasteiger partial charge in [0.15, 0.2) is 5.82 Å². The van der Waals surface area contributed by atoms with Crippen LogP contribution in [0, 0.1) is 0 Å². The molecule has 0 saturated carbocycles. The molecular formula is C25H30ClN2O5P. The lowest BCUT2D eigenvalue weighted by Crippen LogP contribution is -2.33. The minimum atomic E-state index is -3.32. The maximum Gasteiger partial charge on any atom is 0.319 e. The maximum absolute atomic E-state index is 13.1. The smallest absolute Gasteiger partial charge is 0.319 e. The molecule has 1 heterocycles. The summed E-state index contributed by atoms with van der Waals surface area (Å²) in [6, 6.07) is 15.7. The first-order valence-corrected chi connectivity index (χ1v) is 13.6. The molecule has 0 saturated heterocycles. The summed E-state index contributed by atoms with van der Waals surface area (Å²) in [7, 11) is -3.32. The van der Waals surface area contributed by atoms with Gasteiger partial charge in [0.2, 0.25) is 13.3 Å². The van der Waals surface area contributed by atoms with Gasteiger partial charge in [0.05, 0.1) is 6.61 Å². The van der Waals surface area contributed by atoms with Crippen LogP contribution in [-0.4, -0.2) is 40.6 Å². The predicted molar refractivity (Wildman–Crippen MR) is 132 cm³/mol. The largest absolute Gasteiger partial charge is 0.459 e. The zero-order chi connectivity index (χ0) is 24.9. The molecule has 0 radical (unpaired) electrons. The maximum atomic E-state index is 13.1. The van der Waals surface area contributed by atoms with Crippen molar-refractivity contribution < 1.29 is 23.1 Å². The molecule has 0 aliphatic rings. The van der Waals surface area contributed by atoms with E-state index in [1.807, 2.05) is 48.5 Å². The summed E-state index contributed by atoms with van der Waals surface area (Å²) in [4.78, 5) is 17.2. The molecule has 2 atom stereocenters. The zero-order valence-electron chi connectivity index (χ0n) is 20.1. The molecule has 0 aliphatic heterocycles. The minimum Gasteiger partial charge on any atom is -0.459 e. The Morgan fingerprint density at radius 3 is 2.24 bits per heavy atom. The van der Waals surface area contributed by atoms with E-state index in [9.17, 15) is 9.36 Å². The molecule has 7 nitrogen and oxygen atoms in total. The summed E-state index contributed by atoms with van der Waals surface area (Å²) in [6.45, 7) is 8.65. The molecule has 0 amide bonds. The van der Waals surface area contributed by atoms with E-state index in [4.69, 9.17) is 25.4 Å². The van der Waals surface area contributed by atoms with Crippen molar-refractivity contribution in [3.8, 4) is 11.1 Å². The quantitative estimate of drug-likeness (QED) is 0.254. The molecule has 0 fully saturated rings. The molecule has 182 valence electrons. The van der Waals surface area contributed by atoms with Gasteiger partial charge in [0, 0.05) is 24.5 Å². The second kappa shape index (κ2) is 10.9. The predicted octanol–water partition coefficient (Wildman–Crippen LogP) is 6.18. The van der Waals surface area contributed by atoms with Gasteiger partial charge < -0.3 is 13.8 Å². The van der Waals surface area contributed by atoms with Crippen LogP contribution in [0.1, 0.15) is 45.0 Å². The number of nitrogens with zero attached hydrogens (tertiary/aromatic N) is 2. The van der Waals surface area contributed by atoms with Gasteiger partial charge in [-0.1, -0.05) is 53.2 Å². The lowest BCUT2D eigenvalue weighted by atomic mass is 10.0. The van der Waals surface area contributed by atoms with E-state index < -0.39 is 24.6 Å². The molecule has 3 rings (SSSR count). The number of halogens is 1. The summed E-state index contributed by atoms with van der Waals surface area (Å²) in [6.07, 6.45) is 0.432. The highest BCUT2D eigenvalue weighted by molar-refractivity contribution is 7.60. The number of benzene rings is 2. The number of aromatic nitrogens is 2. The first kappa shape index (κ1) is 26.1. The Hall–Kier alpha value is -2.47. The molecule has 2 unspecified atom stereocenters. The van der Waals surface area contributed by atoms with Gasteiger partial charge in [0.1, 0.15) is 11.3 Å². The van der Waals surface area contributed by atoms with Crippen molar-refractivity contribution in [2.45, 2.75) is 51.8 Å². The Balaban J connectivity index is 1.71. The molecule has 2 aromatic carbocycles. The van der Waals surface area contributed by atoms with E-state index in [0.29, 0.717) is 17.3 Å². The summed E-state index contributed by atoms with van der Waals surface area (Å²) in [5.41, 5.74) is 1.40.